The highest BCUT2D eigenvalue weighted by Gasteiger charge is 2.31. The zero-order valence-corrected chi connectivity index (χ0v) is 13.0. The molecular weight excluding hydrogens is 321 g/mol. The number of pyridine rings is 1. The lowest BCUT2D eigenvalue weighted by molar-refractivity contribution is -0.137. The zero-order valence-electron chi connectivity index (χ0n) is 13.0. The van der Waals surface area contributed by atoms with Gasteiger partial charge >= 0.3 is 6.18 Å². The first-order valence-corrected chi connectivity index (χ1v) is 7.48. The molecule has 24 heavy (non-hydrogen) atoms. The van der Waals surface area contributed by atoms with E-state index in [9.17, 15) is 13.2 Å². The number of ether oxygens (including phenoxy) is 2. The Bertz CT molecular complexity index is 734. The number of nitrogens with two attached hydrogens (primary N) is 1. The van der Waals surface area contributed by atoms with E-state index in [0.29, 0.717) is 17.7 Å². The van der Waals surface area contributed by atoms with Crippen molar-refractivity contribution in [1.29, 1.82) is 0 Å². The van der Waals surface area contributed by atoms with Crippen LogP contribution in [0.2, 0.25) is 0 Å². The summed E-state index contributed by atoms with van der Waals surface area (Å²) in [6.07, 6.45) is -0.669. The van der Waals surface area contributed by atoms with Gasteiger partial charge in [-0.3, -0.25) is 4.98 Å². The van der Waals surface area contributed by atoms with E-state index < -0.39 is 11.7 Å². The minimum Gasteiger partial charge on any atom is -0.496 e. The van der Waals surface area contributed by atoms with Crippen molar-refractivity contribution in [2.24, 2.45) is 5.73 Å². The Hall–Kier alpha value is -2.12. The largest absolute Gasteiger partial charge is 0.496 e. The Morgan fingerprint density at radius 1 is 1.25 bits per heavy atom. The second-order valence-electron chi connectivity index (χ2n) is 5.66. The molecule has 1 saturated heterocycles. The van der Waals surface area contributed by atoms with Gasteiger partial charge in [-0.25, -0.2) is 0 Å². The summed E-state index contributed by atoms with van der Waals surface area (Å²) in [5.74, 6) is 0.139. The summed E-state index contributed by atoms with van der Waals surface area (Å²) in [4.78, 5) is 4.17. The Kier molecular flexibility index (Phi) is 4.47. The summed E-state index contributed by atoms with van der Waals surface area (Å²) in [6, 6.07) is 5.12. The summed E-state index contributed by atoms with van der Waals surface area (Å²) >= 11 is 0. The summed E-state index contributed by atoms with van der Waals surface area (Å²) in [6.45, 7) is 0.583. The molecule has 0 aliphatic carbocycles. The fraction of sp³-hybridized carbons (Fsp3) is 0.353. The molecule has 0 unspecified atom stereocenters. The lowest BCUT2D eigenvalue weighted by Gasteiger charge is -2.17. The van der Waals surface area contributed by atoms with Gasteiger partial charge in [0.25, 0.3) is 0 Å². The van der Waals surface area contributed by atoms with Crippen LogP contribution in [0.15, 0.2) is 36.7 Å². The molecule has 0 radical (unpaired) electrons. The Labute approximate surface area is 137 Å². The first-order chi connectivity index (χ1) is 11.4. The highest BCUT2D eigenvalue weighted by molar-refractivity contribution is 5.71. The van der Waals surface area contributed by atoms with Crippen LogP contribution in [0.1, 0.15) is 23.7 Å². The summed E-state index contributed by atoms with van der Waals surface area (Å²) < 4.78 is 49.3. The van der Waals surface area contributed by atoms with E-state index in [2.05, 4.69) is 4.98 Å². The maximum Gasteiger partial charge on any atom is 0.416 e. The summed E-state index contributed by atoms with van der Waals surface area (Å²) in [5.41, 5.74) is 7.26. The van der Waals surface area contributed by atoms with E-state index in [-0.39, 0.29) is 17.9 Å². The van der Waals surface area contributed by atoms with E-state index in [1.54, 1.807) is 12.4 Å². The van der Waals surface area contributed by atoms with E-state index in [1.807, 2.05) is 6.07 Å². The van der Waals surface area contributed by atoms with Crippen LogP contribution < -0.4 is 10.5 Å². The molecule has 2 atom stereocenters. The molecular formula is C17H17F3N2O2. The third-order valence-electron chi connectivity index (χ3n) is 4.07. The van der Waals surface area contributed by atoms with Crippen molar-refractivity contribution < 1.29 is 22.6 Å². The normalized spacial score (nSPS) is 21.0. The van der Waals surface area contributed by atoms with E-state index in [1.165, 1.54) is 13.2 Å². The lowest BCUT2D eigenvalue weighted by atomic mass is 9.99. The van der Waals surface area contributed by atoms with Crippen LogP contribution in [-0.2, 0) is 10.9 Å². The van der Waals surface area contributed by atoms with Crippen LogP contribution >= 0.6 is 0 Å². The number of aromatic nitrogens is 1. The van der Waals surface area contributed by atoms with Crippen molar-refractivity contribution in [2.75, 3.05) is 13.7 Å². The van der Waals surface area contributed by atoms with Crippen molar-refractivity contribution in [3.8, 4) is 16.9 Å². The second kappa shape index (κ2) is 6.41. The van der Waals surface area contributed by atoms with E-state index in [4.69, 9.17) is 15.2 Å². The van der Waals surface area contributed by atoms with Crippen LogP contribution in [0.5, 0.6) is 5.75 Å². The maximum atomic E-state index is 12.9. The van der Waals surface area contributed by atoms with Gasteiger partial charge in [0, 0.05) is 41.7 Å². The zero-order chi connectivity index (χ0) is 17.3. The molecule has 0 bridgehead atoms. The molecule has 0 amide bonds. The van der Waals surface area contributed by atoms with Crippen molar-refractivity contribution in [2.45, 2.75) is 24.7 Å². The molecule has 1 fully saturated rings. The molecule has 1 aliphatic heterocycles. The number of halogens is 3. The highest BCUT2D eigenvalue weighted by atomic mass is 19.4. The quantitative estimate of drug-likeness (QED) is 0.930. The van der Waals surface area contributed by atoms with Crippen molar-refractivity contribution in [3.63, 3.8) is 0 Å². The topological polar surface area (TPSA) is 57.4 Å². The smallest absolute Gasteiger partial charge is 0.416 e. The molecule has 128 valence electrons. The first-order valence-electron chi connectivity index (χ1n) is 7.48. The summed E-state index contributed by atoms with van der Waals surface area (Å²) in [5, 5.41) is 0. The van der Waals surface area contributed by atoms with Gasteiger partial charge in [-0.2, -0.15) is 13.2 Å². The Morgan fingerprint density at radius 3 is 2.67 bits per heavy atom. The van der Waals surface area contributed by atoms with Crippen LogP contribution in [-0.4, -0.2) is 24.7 Å². The Morgan fingerprint density at radius 2 is 2.04 bits per heavy atom. The van der Waals surface area contributed by atoms with Gasteiger partial charge in [0.05, 0.1) is 18.8 Å². The molecule has 7 heteroatoms. The molecule has 1 aliphatic rings. The molecule has 1 aromatic heterocycles. The predicted octanol–water partition coefficient (Wildman–Crippen LogP) is 3.56. The van der Waals surface area contributed by atoms with Crippen LogP contribution in [0.3, 0.4) is 0 Å². The van der Waals surface area contributed by atoms with E-state index in [0.717, 1.165) is 24.1 Å². The highest BCUT2D eigenvalue weighted by Crippen LogP contribution is 2.38. The third kappa shape index (κ3) is 3.22. The number of hydrogen-bond donors (Lipinski definition) is 1. The fourth-order valence-corrected chi connectivity index (χ4v) is 2.82. The molecule has 2 aromatic rings. The van der Waals surface area contributed by atoms with Gasteiger partial charge < -0.3 is 15.2 Å². The lowest BCUT2D eigenvalue weighted by Crippen LogP contribution is -2.23. The van der Waals surface area contributed by atoms with Crippen LogP contribution in [0.4, 0.5) is 13.2 Å². The van der Waals surface area contributed by atoms with Crippen molar-refractivity contribution in [1.82, 2.24) is 4.98 Å². The average Bonchev–Trinajstić information content (AvgIpc) is 2.99. The van der Waals surface area contributed by atoms with Gasteiger partial charge in [0.15, 0.2) is 0 Å². The number of nitrogens with zero attached hydrogens (tertiary/aromatic N) is 1. The molecule has 0 saturated carbocycles. The SMILES string of the molecule is COc1cc(C(F)(F)F)ccc1-c1cncc([C@@H]2OCC[C@H]2N)c1. The molecule has 3 rings (SSSR count). The molecule has 2 N–H and O–H groups in total. The number of alkyl halides is 3. The minimum atomic E-state index is -4.42. The number of hydrogen-bond acceptors (Lipinski definition) is 4. The van der Waals surface area contributed by atoms with Gasteiger partial charge in [-0.05, 0) is 30.7 Å². The van der Waals surface area contributed by atoms with Gasteiger partial charge in [0.1, 0.15) is 5.75 Å². The third-order valence-corrected chi connectivity index (χ3v) is 4.07. The van der Waals surface area contributed by atoms with E-state index >= 15 is 0 Å². The fourth-order valence-electron chi connectivity index (χ4n) is 2.82. The van der Waals surface area contributed by atoms with Crippen LogP contribution in [0.25, 0.3) is 11.1 Å². The number of methoxy groups -OCH3 is 1. The number of rotatable bonds is 3. The second-order valence-corrected chi connectivity index (χ2v) is 5.66. The average molecular weight is 338 g/mol. The standard InChI is InChI=1S/C17H17F3N2O2/c1-23-15-7-12(17(18,19)20)2-3-13(15)10-6-11(9-22-8-10)16-14(21)4-5-24-16/h2-3,6-9,14,16H,4-5,21H2,1H3/t14-,16+/m1/s1. The Balaban J connectivity index is 2.00. The maximum absolute atomic E-state index is 12.9. The van der Waals surface area contributed by atoms with Gasteiger partial charge in [0.2, 0.25) is 0 Å². The minimum absolute atomic E-state index is 0.114. The monoisotopic (exact) mass is 338 g/mol. The van der Waals surface area contributed by atoms with Gasteiger partial charge in [-0.15, -0.1) is 0 Å². The predicted molar refractivity (Wildman–Crippen MR) is 82.5 cm³/mol. The molecule has 0 spiro atoms. The van der Waals surface area contributed by atoms with Crippen molar-refractivity contribution in [3.05, 3.63) is 47.8 Å². The molecule has 1 aromatic carbocycles. The molecule has 4 nitrogen and oxygen atoms in total. The van der Waals surface area contributed by atoms with Crippen molar-refractivity contribution >= 4 is 0 Å². The number of benzene rings is 1. The molecule has 2 heterocycles. The van der Waals surface area contributed by atoms with Crippen LogP contribution in [0, 0.1) is 0 Å². The first kappa shape index (κ1) is 16.7. The van der Waals surface area contributed by atoms with Gasteiger partial charge in [-0.1, -0.05) is 0 Å². The summed E-state index contributed by atoms with van der Waals surface area (Å²) in [7, 11) is 1.34.